The minimum atomic E-state index is 0.282. The van der Waals surface area contributed by atoms with Gasteiger partial charge in [-0.25, -0.2) is 0 Å². The summed E-state index contributed by atoms with van der Waals surface area (Å²) < 4.78 is 11.2. The highest BCUT2D eigenvalue weighted by Crippen LogP contribution is 2.15. The van der Waals surface area contributed by atoms with Gasteiger partial charge in [-0.15, -0.1) is 11.8 Å². The highest BCUT2D eigenvalue weighted by Gasteiger charge is 2.15. The predicted molar refractivity (Wildman–Crippen MR) is 105 cm³/mol. The second-order valence-electron chi connectivity index (χ2n) is 6.15. The first-order valence-corrected chi connectivity index (χ1v) is 10.3. The number of guanidine groups is 1. The van der Waals surface area contributed by atoms with Crippen LogP contribution in [0.2, 0.25) is 0 Å². The summed E-state index contributed by atoms with van der Waals surface area (Å²) in [6.45, 7) is 6.62. The molecule has 0 bridgehead atoms. The molecule has 1 aliphatic heterocycles. The molecule has 1 N–H and O–H groups in total. The number of nitrogens with zero attached hydrogens (tertiary/aromatic N) is 2. The van der Waals surface area contributed by atoms with Crippen LogP contribution in [0.3, 0.4) is 0 Å². The molecule has 5 nitrogen and oxygen atoms in total. The maximum atomic E-state index is 5.69. The van der Waals surface area contributed by atoms with Crippen LogP contribution in [0.15, 0.2) is 34.2 Å². The second kappa shape index (κ2) is 11.4. The summed E-state index contributed by atoms with van der Waals surface area (Å²) >= 11 is 1.76. The average molecular weight is 366 g/mol. The third kappa shape index (κ3) is 7.26. The van der Waals surface area contributed by atoms with E-state index in [0.29, 0.717) is 19.8 Å². The van der Waals surface area contributed by atoms with Gasteiger partial charge in [0.05, 0.1) is 25.9 Å². The van der Waals surface area contributed by atoms with Crippen LogP contribution in [0.4, 0.5) is 0 Å². The number of thioether (sulfide) groups is 1. The first-order chi connectivity index (χ1) is 12.2. The van der Waals surface area contributed by atoms with Gasteiger partial charge in [0.2, 0.25) is 0 Å². The van der Waals surface area contributed by atoms with Gasteiger partial charge in [0.1, 0.15) is 0 Å². The first-order valence-electron chi connectivity index (χ1n) is 9.04. The molecule has 1 fully saturated rings. The number of benzene rings is 1. The van der Waals surface area contributed by atoms with Crippen LogP contribution in [0.1, 0.15) is 25.3 Å². The number of nitrogens with one attached hydrogen (secondary N) is 1. The maximum Gasteiger partial charge on any atom is 0.194 e. The Hall–Kier alpha value is -1.24. The monoisotopic (exact) mass is 365 g/mol. The molecule has 0 saturated carbocycles. The van der Waals surface area contributed by atoms with Crippen LogP contribution in [0, 0.1) is 0 Å². The Labute approximate surface area is 156 Å². The van der Waals surface area contributed by atoms with E-state index in [1.807, 2.05) is 0 Å². The van der Waals surface area contributed by atoms with Crippen LogP contribution in [-0.4, -0.2) is 63.2 Å². The highest BCUT2D eigenvalue weighted by atomic mass is 32.2. The van der Waals surface area contributed by atoms with Gasteiger partial charge in [0.15, 0.2) is 5.96 Å². The van der Waals surface area contributed by atoms with Crippen molar-refractivity contribution in [3.05, 3.63) is 29.8 Å². The Morgan fingerprint density at radius 1 is 1.40 bits per heavy atom. The summed E-state index contributed by atoms with van der Waals surface area (Å²) in [5, 5.41) is 3.35. The lowest BCUT2D eigenvalue weighted by atomic mass is 10.2. The third-order valence-electron chi connectivity index (χ3n) is 4.10. The smallest absolute Gasteiger partial charge is 0.194 e. The standard InChI is InChI=1S/C19H31N3O2S/c1-4-20-19(21-11-13-23-15-17-6-5-12-24-17)22(2)14-16-7-9-18(25-3)10-8-16/h7-10,17H,4-6,11-15H2,1-3H3,(H,20,21). The molecule has 2 rings (SSSR count). The summed E-state index contributed by atoms with van der Waals surface area (Å²) in [6, 6.07) is 8.68. The van der Waals surface area contributed by atoms with Gasteiger partial charge in [0, 0.05) is 31.6 Å². The van der Waals surface area contributed by atoms with Crippen molar-refractivity contribution in [3.8, 4) is 0 Å². The van der Waals surface area contributed by atoms with Gasteiger partial charge in [0.25, 0.3) is 0 Å². The Bertz CT molecular complexity index is 516. The summed E-state index contributed by atoms with van der Waals surface area (Å²) in [7, 11) is 2.07. The van der Waals surface area contributed by atoms with Gasteiger partial charge in [-0.3, -0.25) is 4.99 Å². The molecule has 140 valence electrons. The van der Waals surface area contributed by atoms with Crippen LogP contribution in [-0.2, 0) is 16.0 Å². The Kier molecular flexibility index (Phi) is 9.15. The van der Waals surface area contributed by atoms with Crippen LogP contribution in [0.25, 0.3) is 0 Å². The molecule has 1 aliphatic rings. The molecule has 25 heavy (non-hydrogen) atoms. The zero-order valence-electron chi connectivity index (χ0n) is 15.7. The van der Waals surface area contributed by atoms with Crippen LogP contribution < -0.4 is 5.32 Å². The number of ether oxygens (including phenoxy) is 2. The van der Waals surface area contributed by atoms with Gasteiger partial charge >= 0.3 is 0 Å². The van der Waals surface area contributed by atoms with Crippen LogP contribution in [0.5, 0.6) is 0 Å². The molecule has 1 heterocycles. The maximum absolute atomic E-state index is 5.69. The molecule has 1 aromatic carbocycles. The first kappa shape index (κ1) is 20.1. The lowest BCUT2D eigenvalue weighted by molar-refractivity contribution is 0.0199. The summed E-state index contributed by atoms with van der Waals surface area (Å²) in [4.78, 5) is 8.11. The molecule has 0 aromatic heterocycles. The molecule has 0 spiro atoms. The van der Waals surface area contributed by atoms with E-state index in [0.717, 1.165) is 38.5 Å². The quantitative estimate of drug-likeness (QED) is 0.315. The molecule has 0 radical (unpaired) electrons. The molecule has 6 heteroatoms. The zero-order valence-corrected chi connectivity index (χ0v) is 16.5. The van der Waals surface area contributed by atoms with Crippen molar-refractivity contribution in [2.24, 2.45) is 4.99 Å². The van der Waals surface area contributed by atoms with Crippen molar-refractivity contribution in [1.82, 2.24) is 10.2 Å². The molecule has 1 unspecified atom stereocenters. The summed E-state index contributed by atoms with van der Waals surface area (Å²) in [5.74, 6) is 0.914. The van der Waals surface area contributed by atoms with Gasteiger partial charge in [-0.05, 0) is 43.7 Å². The number of aliphatic imine (C=N–C) groups is 1. The van der Waals surface area contributed by atoms with Gasteiger partial charge in [-0.1, -0.05) is 12.1 Å². The minimum Gasteiger partial charge on any atom is -0.377 e. The number of hydrogen-bond donors (Lipinski definition) is 1. The third-order valence-corrected chi connectivity index (χ3v) is 4.84. The predicted octanol–water partition coefficient (Wildman–Crippen LogP) is 3.00. The fourth-order valence-electron chi connectivity index (χ4n) is 2.76. The highest BCUT2D eigenvalue weighted by molar-refractivity contribution is 7.98. The molecule has 1 atom stereocenters. The molecule has 0 amide bonds. The van der Waals surface area contributed by atoms with Gasteiger partial charge < -0.3 is 19.7 Å². The molecule has 0 aliphatic carbocycles. The fraction of sp³-hybridized carbons (Fsp3) is 0.632. The Balaban J connectivity index is 1.77. The number of hydrogen-bond acceptors (Lipinski definition) is 4. The Morgan fingerprint density at radius 2 is 2.20 bits per heavy atom. The lowest BCUT2D eigenvalue weighted by Gasteiger charge is -2.22. The largest absolute Gasteiger partial charge is 0.377 e. The van der Waals surface area contributed by atoms with E-state index in [9.17, 15) is 0 Å². The fourth-order valence-corrected chi connectivity index (χ4v) is 3.16. The minimum absolute atomic E-state index is 0.282. The van der Waals surface area contributed by atoms with Crippen LogP contribution >= 0.6 is 11.8 Å². The zero-order chi connectivity index (χ0) is 17.9. The van der Waals surface area contributed by atoms with Crippen molar-refractivity contribution in [1.29, 1.82) is 0 Å². The van der Waals surface area contributed by atoms with Crippen molar-refractivity contribution < 1.29 is 9.47 Å². The van der Waals surface area contributed by atoms with Crippen molar-refractivity contribution in [2.45, 2.75) is 37.3 Å². The normalized spacial score (nSPS) is 17.7. The number of rotatable bonds is 9. The summed E-state index contributed by atoms with van der Waals surface area (Å²) in [5.41, 5.74) is 1.28. The molecular formula is C19H31N3O2S. The molecule has 1 saturated heterocycles. The van der Waals surface area contributed by atoms with E-state index >= 15 is 0 Å². The van der Waals surface area contributed by atoms with Crippen molar-refractivity contribution in [2.75, 3.05) is 46.2 Å². The second-order valence-corrected chi connectivity index (χ2v) is 7.03. The van der Waals surface area contributed by atoms with E-state index in [4.69, 9.17) is 9.47 Å². The average Bonchev–Trinajstić information content (AvgIpc) is 3.14. The molecular weight excluding hydrogens is 334 g/mol. The van der Waals surface area contributed by atoms with E-state index in [-0.39, 0.29) is 6.10 Å². The topological polar surface area (TPSA) is 46.1 Å². The SMILES string of the molecule is CCNC(=NCCOCC1CCCO1)N(C)Cc1ccc(SC)cc1. The van der Waals surface area contributed by atoms with Crippen molar-refractivity contribution in [3.63, 3.8) is 0 Å². The van der Waals surface area contributed by atoms with E-state index in [1.165, 1.54) is 10.5 Å². The van der Waals surface area contributed by atoms with Gasteiger partial charge in [-0.2, -0.15) is 0 Å². The summed E-state index contributed by atoms with van der Waals surface area (Å²) in [6.07, 6.45) is 4.64. The van der Waals surface area contributed by atoms with E-state index < -0.39 is 0 Å². The van der Waals surface area contributed by atoms with Crippen molar-refractivity contribution >= 4 is 17.7 Å². The Morgan fingerprint density at radius 3 is 2.84 bits per heavy atom. The molecule has 1 aromatic rings. The van der Waals surface area contributed by atoms with E-state index in [2.05, 4.69) is 59.7 Å². The lowest BCUT2D eigenvalue weighted by Crippen LogP contribution is -2.38. The van der Waals surface area contributed by atoms with E-state index in [1.54, 1.807) is 11.8 Å².